The van der Waals surface area contributed by atoms with Gasteiger partial charge in [0.15, 0.2) is 0 Å². The van der Waals surface area contributed by atoms with Gasteiger partial charge in [-0.25, -0.2) is 4.98 Å². The lowest BCUT2D eigenvalue weighted by Crippen LogP contribution is -2.00. The Hall–Kier alpha value is -2.01. The maximum atomic E-state index is 10.6. The molecule has 0 fully saturated rings. The molecule has 0 amide bonds. The van der Waals surface area contributed by atoms with Crippen molar-refractivity contribution in [3.8, 4) is 17.2 Å². The van der Waals surface area contributed by atoms with Crippen molar-refractivity contribution in [3.63, 3.8) is 0 Å². The van der Waals surface area contributed by atoms with Crippen LogP contribution in [0.15, 0.2) is 28.9 Å². The molecular weight excluding hydrogens is 258 g/mol. The number of aromatic nitrogens is 1. The fourth-order valence-corrected chi connectivity index (χ4v) is 1.69. The molecule has 1 aromatic heterocycles. The first-order valence-corrected chi connectivity index (χ1v) is 5.48. The number of hydrogen-bond donors (Lipinski definition) is 1. The summed E-state index contributed by atoms with van der Waals surface area (Å²) in [6.45, 7) is 0. The number of ether oxygens (including phenoxy) is 1. The monoisotopic (exact) mass is 267 g/mol. The lowest BCUT2D eigenvalue weighted by molar-refractivity contribution is -0.136. The number of carbonyl (C=O) groups is 1. The van der Waals surface area contributed by atoms with Crippen LogP contribution < -0.4 is 4.74 Å². The molecule has 0 unspecified atom stereocenters. The molecule has 0 atom stereocenters. The quantitative estimate of drug-likeness (QED) is 0.922. The highest BCUT2D eigenvalue weighted by Gasteiger charge is 2.14. The molecule has 5 nitrogen and oxygen atoms in total. The first-order chi connectivity index (χ1) is 8.60. The lowest BCUT2D eigenvalue weighted by atomic mass is 10.2. The van der Waals surface area contributed by atoms with Gasteiger partial charge in [-0.2, -0.15) is 0 Å². The van der Waals surface area contributed by atoms with E-state index in [-0.39, 0.29) is 12.3 Å². The van der Waals surface area contributed by atoms with Crippen molar-refractivity contribution >= 4 is 17.6 Å². The maximum Gasteiger partial charge on any atom is 0.309 e. The van der Waals surface area contributed by atoms with Crippen molar-refractivity contribution in [3.05, 3.63) is 35.2 Å². The van der Waals surface area contributed by atoms with E-state index in [0.29, 0.717) is 22.0 Å². The van der Waals surface area contributed by atoms with Gasteiger partial charge >= 0.3 is 5.97 Å². The van der Waals surface area contributed by atoms with Gasteiger partial charge in [-0.05, 0) is 18.2 Å². The van der Waals surface area contributed by atoms with Gasteiger partial charge in [0.1, 0.15) is 12.0 Å². The third-order valence-electron chi connectivity index (χ3n) is 2.28. The number of halogens is 1. The minimum atomic E-state index is -0.965. The Bertz CT molecular complexity index is 579. The third-order valence-corrected chi connectivity index (χ3v) is 2.51. The Morgan fingerprint density at radius 1 is 1.56 bits per heavy atom. The summed E-state index contributed by atoms with van der Waals surface area (Å²) in [5.74, 6) is -0.123. The Balaban J connectivity index is 2.38. The number of oxazole rings is 1. The van der Waals surface area contributed by atoms with Gasteiger partial charge in [-0.3, -0.25) is 4.79 Å². The number of aliphatic carboxylic acids is 1. The molecule has 0 spiro atoms. The van der Waals surface area contributed by atoms with E-state index in [0.717, 1.165) is 0 Å². The van der Waals surface area contributed by atoms with Crippen LogP contribution in [0.3, 0.4) is 0 Å². The normalized spacial score (nSPS) is 10.3. The molecule has 2 aromatic rings. The van der Waals surface area contributed by atoms with Gasteiger partial charge in [-0.15, -0.1) is 0 Å². The molecule has 0 saturated heterocycles. The molecule has 1 N–H and O–H groups in total. The molecule has 18 heavy (non-hydrogen) atoms. The summed E-state index contributed by atoms with van der Waals surface area (Å²) >= 11 is 5.90. The molecular formula is C12H10ClNO4. The second kappa shape index (κ2) is 5.10. The van der Waals surface area contributed by atoms with Crippen molar-refractivity contribution in [1.82, 2.24) is 4.98 Å². The first-order valence-electron chi connectivity index (χ1n) is 5.10. The van der Waals surface area contributed by atoms with Crippen LogP contribution in [0.25, 0.3) is 11.5 Å². The Morgan fingerprint density at radius 3 is 3.00 bits per heavy atom. The number of benzene rings is 1. The fourth-order valence-electron chi connectivity index (χ4n) is 1.51. The van der Waals surface area contributed by atoms with Crippen LogP contribution in [-0.4, -0.2) is 23.2 Å². The van der Waals surface area contributed by atoms with Crippen LogP contribution in [0, 0.1) is 0 Å². The number of hydrogen-bond acceptors (Lipinski definition) is 4. The number of methoxy groups -OCH3 is 1. The van der Waals surface area contributed by atoms with Crippen molar-refractivity contribution in [2.45, 2.75) is 6.42 Å². The van der Waals surface area contributed by atoms with Crippen molar-refractivity contribution in [1.29, 1.82) is 0 Å². The molecule has 2 rings (SSSR count). The van der Waals surface area contributed by atoms with E-state index in [2.05, 4.69) is 4.98 Å². The Kier molecular flexibility index (Phi) is 3.53. The van der Waals surface area contributed by atoms with E-state index in [1.807, 2.05) is 0 Å². The summed E-state index contributed by atoms with van der Waals surface area (Å²) < 4.78 is 10.4. The minimum Gasteiger partial charge on any atom is -0.496 e. The average Bonchev–Trinajstić information content (AvgIpc) is 2.76. The van der Waals surface area contributed by atoms with Gasteiger partial charge < -0.3 is 14.3 Å². The zero-order chi connectivity index (χ0) is 13.1. The fraction of sp³-hybridized carbons (Fsp3) is 0.167. The summed E-state index contributed by atoms with van der Waals surface area (Å²) in [7, 11) is 1.52. The molecule has 1 heterocycles. The van der Waals surface area contributed by atoms with Crippen molar-refractivity contribution < 1.29 is 19.1 Å². The van der Waals surface area contributed by atoms with Crippen molar-refractivity contribution in [2.24, 2.45) is 0 Å². The molecule has 0 bridgehead atoms. The van der Waals surface area contributed by atoms with Crippen LogP contribution in [0.2, 0.25) is 5.02 Å². The second-order valence-electron chi connectivity index (χ2n) is 3.56. The number of nitrogens with zero attached hydrogens (tertiary/aromatic N) is 1. The van der Waals surface area contributed by atoms with Gasteiger partial charge in [0.25, 0.3) is 0 Å². The number of carboxylic acid groups (broad SMARTS) is 1. The SMILES string of the molecule is COc1ccc(Cl)cc1-c1nc(CC(=O)O)co1. The third kappa shape index (κ3) is 2.62. The molecule has 0 radical (unpaired) electrons. The summed E-state index contributed by atoms with van der Waals surface area (Å²) in [5.41, 5.74) is 0.932. The molecule has 0 aliphatic rings. The Morgan fingerprint density at radius 2 is 2.33 bits per heavy atom. The predicted molar refractivity (Wildman–Crippen MR) is 64.8 cm³/mol. The van der Waals surface area contributed by atoms with Gasteiger partial charge in [0, 0.05) is 5.02 Å². The van der Waals surface area contributed by atoms with E-state index < -0.39 is 5.97 Å². The standard InChI is InChI=1S/C12H10ClNO4/c1-17-10-3-2-7(13)4-9(10)12-14-8(6-18-12)5-11(15)16/h2-4,6H,5H2,1H3,(H,15,16). The van der Waals surface area contributed by atoms with E-state index in [1.165, 1.54) is 13.4 Å². The molecule has 0 aliphatic carbocycles. The van der Waals surface area contributed by atoms with Crippen LogP contribution >= 0.6 is 11.6 Å². The average molecular weight is 268 g/mol. The van der Waals surface area contributed by atoms with E-state index in [4.69, 9.17) is 25.9 Å². The van der Waals surface area contributed by atoms with E-state index >= 15 is 0 Å². The molecule has 0 saturated carbocycles. The zero-order valence-corrected chi connectivity index (χ0v) is 10.3. The molecule has 94 valence electrons. The minimum absolute atomic E-state index is 0.188. The first kappa shape index (κ1) is 12.4. The van der Waals surface area contributed by atoms with E-state index in [9.17, 15) is 4.79 Å². The highest BCUT2D eigenvalue weighted by Crippen LogP contribution is 2.31. The second-order valence-corrected chi connectivity index (χ2v) is 4.00. The highest BCUT2D eigenvalue weighted by molar-refractivity contribution is 6.30. The van der Waals surface area contributed by atoms with Crippen LogP contribution in [0.1, 0.15) is 5.69 Å². The number of rotatable bonds is 4. The summed E-state index contributed by atoms with van der Waals surface area (Å²) in [6, 6.07) is 5.03. The Labute approximate surface area is 108 Å². The van der Waals surface area contributed by atoms with Gasteiger partial charge in [-0.1, -0.05) is 11.6 Å². The van der Waals surface area contributed by atoms with Crippen LogP contribution in [0.4, 0.5) is 0 Å². The summed E-state index contributed by atoms with van der Waals surface area (Å²) in [6.07, 6.45) is 1.12. The maximum absolute atomic E-state index is 10.6. The smallest absolute Gasteiger partial charge is 0.309 e. The number of carboxylic acids is 1. The predicted octanol–water partition coefficient (Wildman–Crippen LogP) is 2.63. The lowest BCUT2D eigenvalue weighted by Gasteiger charge is -2.05. The highest BCUT2D eigenvalue weighted by atomic mass is 35.5. The van der Waals surface area contributed by atoms with Crippen LogP contribution in [-0.2, 0) is 11.2 Å². The largest absolute Gasteiger partial charge is 0.496 e. The zero-order valence-electron chi connectivity index (χ0n) is 9.51. The van der Waals surface area contributed by atoms with Gasteiger partial charge in [0.2, 0.25) is 5.89 Å². The summed E-state index contributed by atoms with van der Waals surface area (Å²) in [4.78, 5) is 14.6. The van der Waals surface area contributed by atoms with E-state index in [1.54, 1.807) is 18.2 Å². The molecule has 6 heteroatoms. The molecule has 0 aliphatic heterocycles. The van der Waals surface area contributed by atoms with Crippen molar-refractivity contribution in [2.75, 3.05) is 7.11 Å². The topological polar surface area (TPSA) is 72.6 Å². The molecule has 1 aromatic carbocycles. The van der Waals surface area contributed by atoms with Crippen LogP contribution in [0.5, 0.6) is 5.75 Å². The van der Waals surface area contributed by atoms with Gasteiger partial charge in [0.05, 0.1) is 24.8 Å². The summed E-state index contributed by atoms with van der Waals surface area (Å²) in [5, 5.41) is 9.18.